The molecule has 0 aliphatic heterocycles. The number of benzene rings is 1. The lowest BCUT2D eigenvalue weighted by Gasteiger charge is -2.12. The lowest BCUT2D eigenvalue weighted by Crippen LogP contribution is -2.23. The van der Waals surface area contributed by atoms with Crippen LogP contribution in [0.4, 0.5) is 23.9 Å². The molecule has 30 heavy (non-hydrogen) atoms. The van der Waals surface area contributed by atoms with Crippen LogP contribution in [-0.2, 0) is 12.7 Å². The minimum absolute atomic E-state index is 0.0638. The summed E-state index contributed by atoms with van der Waals surface area (Å²) in [6.07, 6.45) is -1.14. The fourth-order valence-corrected chi connectivity index (χ4v) is 3.98. The lowest BCUT2D eigenvalue weighted by molar-refractivity contribution is -0.137. The Morgan fingerprint density at radius 3 is 2.83 bits per heavy atom. The van der Waals surface area contributed by atoms with Crippen LogP contribution in [0.5, 0.6) is 0 Å². The van der Waals surface area contributed by atoms with Gasteiger partial charge >= 0.3 is 6.18 Å². The van der Waals surface area contributed by atoms with Gasteiger partial charge in [-0.2, -0.15) is 13.2 Å². The van der Waals surface area contributed by atoms with Crippen LogP contribution >= 0.6 is 22.9 Å². The Kier molecular flexibility index (Phi) is 5.40. The molecule has 154 valence electrons. The molecule has 5 nitrogen and oxygen atoms in total. The van der Waals surface area contributed by atoms with E-state index in [-0.39, 0.29) is 11.6 Å². The van der Waals surface area contributed by atoms with E-state index in [1.807, 2.05) is 6.07 Å². The molecule has 0 bridgehead atoms. The Hall–Kier alpha value is -3.04. The summed E-state index contributed by atoms with van der Waals surface area (Å²) in [4.78, 5) is 19.9. The maximum atomic E-state index is 13.0. The zero-order chi connectivity index (χ0) is 21.3. The average Bonchev–Trinajstić information content (AvgIpc) is 3.36. The van der Waals surface area contributed by atoms with Crippen molar-refractivity contribution in [2.75, 3.05) is 5.32 Å². The second kappa shape index (κ2) is 8.00. The first-order chi connectivity index (χ1) is 14.3. The van der Waals surface area contributed by atoms with E-state index in [4.69, 9.17) is 11.6 Å². The van der Waals surface area contributed by atoms with Crippen LogP contribution in [-0.4, -0.2) is 15.9 Å². The van der Waals surface area contributed by atoms with Crippen LogP contribution in [0, 0.1) is 0 Å². The second-order valence-corrected chi connectivity index (χ2v) is 7.70. The predicted molar refractivity (Wildman–Crippen MR) is 111 cm³/mol. The van der Waals surface area contributed by atoms with Gasteiger partial charge < -0.3 is 15.6 Å². The maximum absolute atomic E-state index is 13.0. The topological polar surface area (TPSA) is 69.8 Å². The number of nitrogens with zero attached hydrogens (tertiary/aromatic N) is 1. The van der Waals surface area contributed by atoms with Gasteiger partial charge in [-0.25, -0.2) is 4.98 Å². The number of fused-ring (bicyclic) bond motifs is 1. The number of hydrogen-bond acceptors (Lipinski definition) is 4. The van der Waals surface area contributed by atoms with Gasteiger partial charge in [0.15, 0.2) is 0 Å². The average molecular weight is 451 g/mol. The molecule has 0 atom stereocenters. The SMILES string of the molecule is O=C(NCc1ccc(Cl)c(C(F)(F)F)c1)c1ccsc1Nc1ccnc2[nH]ccc12. The monoisotopic (exact) mass is 450 g/mol. The fourth-order valence-electron chi connectivity index (χ4n) is 2.95. The van der Waals surface area contributed by atoms with Crippen LogP contribution in [0.1, 0.15) is 21.5 Å². The number of aromatic amines is 1. The predicted octanol–water partition coefficient (Wildman–Crippen LogP) is 5.97. The van der Waals surface area contributed by atoms with Crippen molar-refractivity contribution >= 4 is 50.6 Å². The van der Waals surface area contributed by atoms with E-state index in [1.165, 1.54) is 23.5 Å². The van der Waals surface area contributed by atoms with Crippen molar-refractivity contribution in [3.8, 4) is 0 Å². The molecule has 3 N–H and O–H groups in total. The summed E-state index contributed by atoms with van der Waals surface area (Å²) in [5.41, 5.74) is 1.26. The van der Waals surface area contributed by atoms with Crippen molar-refractivity contribution in [1.29, 1.82) is 0 Å². The molecule has 0 fully saturated rings. The Morgan fingerprint density at radius 2 is 2.03 bits per heavy atom. The van der Waals surface area contributed by atoms with E-state index < -0.39 is 17.6 Å². The molecular formula is C20H14ClF3N4OS. The normalized spacial score (nSPS) is 11.6. The number of rotatable bonds is 5. The molecule has 4 aromatic rings. The number of hydrogen-bond donors (Lipinski definition) is 3. The first-order valence-electron chi connectivity index (χ1n) is 8.73. The minimum atomic E-state index is -4.56. The van der Waals surface area contributed by atoms with Crippen LogP contribution in [0.25, 0.3) is 11.0 Å². The molecule has 4 rings (SSSR count). The smallest absolute Gasteiger partial charge is 0.348 e. The molecule has 0 saturated heterocycles. The number of carbonyl (C=O) groups is 1. The zero-order valence-corrected chi connectivity index (χ0v) is 16.8. The van der Waals surface area contributed by atoms with Crippen LogP contribution in [0.15, 0.2) is 54.2 Å². The number of halogens is 4. The highest BCUT2D eigenvalue weighted by atomic mass is 35.5. The molecule has 1 aromatic carbocycles. The van der Waals surface area contributed by atoms with Crippen molar-refractivity contribution < 1.29 is 18.0 Å². The zero-order valence-electron chi connectivity index (χ0n) is 15.2. The number of carbonyl (C=O) groups excluding carboxylic acids is 1. The van der Waals surface area contributed by atoms with Gasteiger partial charge in [-0.15, -0.1) is 11.3 Å². The fraction of sp³-hybridized carbons (Fsp3) is 0.100. The van der Waals surface area contributed by atoms with E-state index in [0.717, 1.165) is 17.1 Å². The second-order valence-electron chi connectivity index (χ2n) is 6.38. The van der Waals surface area contributed by atoms with Gasteiger partial charge in [0, 0.05) is 24.3 Å². The first kappa shape index (κ1) is 20.2. The minimum Gasteiger partial charge on any atom is -0.348 e. The summed E-state index contributed by atoms with van der Waals surface area (Å²) in [7, 11) is 0. The Labute approximate surface area is 177 Å². The van der Waals surface area contributed by atoms with Crippen molar-refractivity contribution in [2.45, 2.75) is 12.7 Å². The highest BCUT2D eigenvalue weighted by molar-refractivity contribution is 7.14. The molecule has 0 saturated carbocycles. The van der Waals surface area contributed by atoms with Gasteiger partial charge in [-0.3, -0.25) is 4.79 Å². The number of alkyl halides is 3. The van der Waals surface area contributed by atoms with Gasteiger partial charge in [0.2, 0.25) is 0 Å². The summed E-state index contributed by atoms with van der Waals surface area (Å²) < 4.78 is 39.0. The van der Waals surface area contributed by atoms with E-state index in [0.29, 0.717) is 21.8 Å². The summed E-state index contributed by atoms with van der Waals surface area (Å²) in [6, 6.07) is 8.88. The number of amides is 1. The lowest BCUT2D eigenvalue weighted by atomic mass is 10.1. The van der Waals surface area contributed by atoms with E-state index in [2.05, 4.69) is 20.6 Å². The van der Waals surface area contributed by atoms with Crippen molar-refractivity contribution in [2.24, 2.45) is 0 Å². The van der Waals surface area contributed by atoms with E-state index >= 15 is 0 Å². The summed E-state index contributed by atoms with van der Waals surface area (Å²) in [6.45, 7) is -0.0638. The molecule has 0 radical (unpaired) electrons. The third-order valence-corrected chi connectivity index (χ3v) is 5.57. The molecule has 0 unspecified atom stereocenters. The highest BCUT2D eigenvalue weighted by Gasteiger charge is 2.33. The van der Waals surface area contributed by atoms with Crippen LogP contribution in [0.2, 0.25) is 5.02 Å². The van der Waals surface area contributed by atoms with Crippen LogP contribution in [0.3, 0.4) is 0 Å². The molecular weight excluding hydrogens is 437 g/mol. The standard InChI is InChI=1S/C20H14ClF3N4OS/c21-15-2-1-11(9-14(15)20(22,23)24)10-27-18(29)13-5-8-30-19(13)28-16-4-7-26-17-12(16)3-6-25-17/h1-9H,10H2,(H,27,29)(H2,25,26,28). The molecule has 3 aromatic heterocycles. The molecule has 0 aliphatic rings. The van der Waals surface area contributed by atoms with Crippen LogP contribution < -0.4 is 10.6 Å². The van der Waals surface area contributed by atoms with E-state index in [9.17, 15) is 18.0 Å². The maximum Gasteiger partial charge on any atom is 0.417 e. The van der Waals surface area contributed by atoms with Gasteiger partial charge in [0.1, 0.15) is 10.6 Å². The molecule has 0 spiro atoms. The van der Waals surface area contributed by atoms with Gasteiger partial charge in [-0.1, -0.05) is 17.7 Å². The van der Waals surface area contributed by atoms with Gasteiger partial charge in [-0.05, 0) is 41.3 Å². The quantitative estimate of drug-likeness (QED) is 0.351. The molecule has 3 heterocycles. The van der Waals surface area contributed by atoms with E-state index in [1.54, 1.807) is 29.9 Å². The number of pyridine rings is 1. The molecule has 10 heteroatoms. The number of aromatic nitrogens is 2. The summed E-state index contributed by atoms with van der Waals surface area (Å²) in [5, 5.41) is 8.76. The number of nitrogens with one attached hydrogen (secondary N) is 3. The number of H-pyrrole nitrogens is 1. The van der Waals surface area contributed by atoms with Crippen molar-refractivity contribution in [1.82, 2.24) is 15.3 Å². The largest absolute Gasteiger partial charge is 0.417 e. The highest BCUT2D eigenvalue weighted by Crippen LogP contribution is 2.35. The third kappa shape index (κ3) is 4.12. The Balaban J connectivity index is 1.49. The summed E-state index contributed by atoms with van der Waals surface area (Å²) in [5.74, 6) is -0.401. The number of anilines is 2. The summed E-state index contributed by atoms with van der Waals surface area (Å²) >= 11 is 6.98. The first-order valence-corrected chi connectivity index (χ1v) is 9.99. The van der Waals surface area contributed by atoms with Gasteiger partial charge in [0.05, 0.1) is 21.8 Å². The van der Waals surface area contributed by atoms with Crippen molar-refractivity contribution in [3.63, 3.8) is 0 Å². The molecule has 0 aliphatic carbocycles. The Morgan fingerprint density at radius 1 is 1.20 bits per heavy atom. The van der Waals surface area contributed by atoms with Gasteiger partial charge in [0.25, 0.3) is 5.91 Å². The third-order valence-electron chi connectivity index (χ3n) is 4.41. The number of thiophene rings is 1. The van der Waals surface area contributed by atoms with Crippen molar-refractivity contribution in [3.05, 3.63) is 75.9 Å². The Bertz CT molecular complexity index is 1220. The molecule has 1 amide bonds.